The number of H-pyrrole nitrogens is 1. The number of benzene rings is 2. The van der Waals surface area contributed by atoms with Crippen molar-refractivity contribution in [2.24, 2.45) is 17.8 Å². The number of hydrogen-bond acceptors (Lipinski definition) is 3. The van der Waals surface area contributed by atoms with Crippen molar-refractivity contribution in [1.29, 1.82) is 0 Å². The highest BCUT2D eigenvalue weighted by atomic mass is 16.2. The summed E-state index contributed by atoms with van der Waals surface area (Å²) in [5.41, 5.74) is 4.11. The van der Waals surface area contributed by atoms with Crippen LogP contribution in [0.4, 0.5) is 5.69 Å². The largest absolute Gasteiger partial charge is 0.349 e. The van der Waals surface area contributed by atoms with Crippen molar-refractivity contribution in [1.82, 2.24) is 15.3 Å². The van der Waals surface area contributed by atoms with E-state index in [0.29, 0.717) is 11.5 Å². The van der Waals surface area contributed by atoms with Gasteiger partial charge in [-0.05, 0) is 80.7 Å². The van der Waals surface area contributed by atoms with E-state index in [1.807, 2.05) is 42.5 Å². The van der Waals surface area contributed by atoms with Crippen LogP contribution in [0.3, 0.4) is 0 Å². The standard InChI is InChI=1S/C30H38N4O2/c1-3-20-6-4-5-7-25(20)30(36)32-24-16-17-26-27(18-24)34-28(33-26)21-10-12-22(13-11-21)29(35)31-23-14-8-19(2)9-15-23/h10-13,16-20,23,25H,3-9,14-15H2,1-2H3,(H,31,35)(H,32,36)(H,33,34). The van der Waals surface area contributed by atoms with Gasteiger partial charge < -0.3 is 15.6 Å². The first kappa shape index (κ1) is 24.5. The number of rotatable bonds is 6. The molecule has 1 heterocycles. The van der Waals surface area contributed by atoms with Crippen LogP contribution in [0.5, 0.6) is 0 Å². The molecule has 6 nitrogen and oxygen atoms in total. The number of imidazole rings is 1. The van der Waals surface area contributed by atoms with E-state index in [-0.39, 0.29) is 23.8 Å². The first-order valence-electron chi connectivity index (χ1n) is 13.7. The monoisotopic (exact) mass is 486 g/mol. The van der Waals surface area contributed by atoms with Crippen molar-refractivity contribution < 1.29 is 9.59 Å². The minimum atomic E-state index is -0.00521. The minimum Gasteiger partial charge on any atom is -0.349 e. The Balaban J connectivity index is 1.25. The summed E-state index contributed by atoms with van der Waals surface area (Å²) >= 11 is 0. The van der Waals surface area contributed by atoms with Crippen LogP contribution >= 0.6 is 0 Å². The second-order valence-corrected chi connectivity index (χ2v) is 10.9. The lowest BCUT2D eigenvalue weighted by molar-refractivity contribution is -0.122. The Bertz CT molecular complexity index is 1210. The molecule has 0 saturated heterocycles. The van der Waals surface area contributed by atoms with E-state index in [9.17, 15) is 9.59 Å². The molecule has 5 rings (SSSR count). The van der Waals surface area contributed by atoms with E-state index in [1.54, 1.807) is 0 Å². The highest BCUT2D eigenvalue weighted by Crippen LogP contribution is 2.33. The summed E-state index contributed by atoms with van der Waals surface area (Å²) in [7, 11) is 0. The van der Waals surface area contributed by atoms with Gasteiger partial charge in [0.05, 0.1) is 11.0 Å². The Kier molecular flexibility index (Phi) is 7.40. The summed E-state index contributed by atoms with van der Waals surface area (Å²) in [6, 6.07) is 13.7. The lowest BCUT2D eigenvalue weighted by Crippen LogP contribution is -2.37. The topological polar surface area (TPSA) is 86.9 Å². The first-order valence-corrected chi connectivity index (χ1v) is 13.7. The van der Waals surface area contributed by atoms with Crippen molar-refractivity contribution in [2.45, 2.75) is 77.7 Å². The van der Waals surface area contributed by atoms with Crippen LogP contribution in [-0.4, -0.2) is 27.8 Å². The maximum absolute atomic E-state index is 13.0. The van der Waals surface area contributed by atoms with Crippen LogP contribution in [0, 0.1) is 17.8 Å². The van der Waals surface area contributed by atoms with E-state index >= 15 is 0 Å². The lowest BCUT2D eigenvalue weighted by atomic mass is 9.77. The van der Waals surface area contributed by atoms with Crippen LogP contribution in [0.15, 0.2) is 42.5 Å². The quantitative estimate of drug-likeness (QED) is 0.363. The Morgan fingerprint density at radius 2 is 1.72 bits per heavy atom. The first-order chi connectivity index (χ1) is 17.5. The van der Waals surface area contributed by atoms with Gasteiger partial charge in [-0.2, -0.15) is 0 Å². The number of hydrogen-bond donors (Lipinski definition) is 3. The molecule has 2 amide bonds. The van der Waals surface area contributed by atoms with Crippen molar-refractivity contribution >= 4 is 28.5 Å². The third-order valence-corrected chi connectivity index (χ3v) is 8.29. The fourth-order valence-corrected chi connectivity index (χ4v) is 5.95. The smallest absolute Gasteiger partial charge is 0.251 e. The van der Waals surface area contributed by atoms with Crippen molar-refractivity contribution in [3.8, 4) is 11.4 Å². The molecule has 0 bridgehead atoms. The predicted octanol–water partition coefficient (Wildman–Crippen LogP) is 6.69. The van der Waals surface area contributed by atoms with Gasteiger partial charge in [-0.3, -0.25) is 9.59 Å². The van der Waals surface area contributed by atoms with E-state index in [1.165, 1.54) is 19.3 Å². The molecule has 2 fully saturated rings. The van der Waals surface area contributed by atoms with Crippen LogP contribution < -0.4 is 10.6 Å². The number of fused-ring (bicyclic) bond motifs is 1. The lowest BCUT2D eigenvalue weighted by Gasteiger charge is -2.29. The molecule has 2 aliphatic carbocycles. The van der Waals surface area contributed by atoms with Gasteiger partial charge in [0.25, 0.3) is 5.91 Å². The molecule has 1 aromatic heterocycles. The molecule has 0 spiro atoms. The number of amides is 2. The Labute approximate surface area is 213 Å². The number of nitrogens with one attached hydrogen (secondary N) is 3. The molecule has 190 valence electrons. The van der Waals surface area contributed by atoms with Gasteiger partial charge in [0, 0.05) is 28.8 Å². The maximum Gasteiger partial charge on any atom is 0.251 e. The van der Waals surface area contributed by atoms with Crippen LogP contribution in [0.1, 0.15) is 82.0 Å². The molecule has 3 N–H and O–H groups in total. The average Bonchev–Trinajstić information content (AvgIpc) is 3.33. The average molecular weight is 487 g/mol. The third kappa shape index (κ3) is 5.48. The highest BCUT2D eigenvalue weighted by Gasteiger charge is 2.29. The number of carbonyl (C=O) groups excluding carboxylic acids is 2. The van der Waals surface area contributed by atoms with Gasteiger partial charge in [0.15, 0.2) is 0 Å². The SMILES string of the molecule is CCC1CCCCC1C(=O)Nc1ccc2[nH]c(-c3ccc(C(=O)NC4CCC(C)CC4)cc3)nc2c1. The summed E-state index contributed by atoms with van der Waals surface area (Å²) in [4.78, 5) is 33.8. The zero-order valence-electron chi connectivity index (χ0n) is 21.5. The molecule has 2 atom stereocenters. The molecule has 2 aromatic carbocycles. The fraction of sp³-hybridized carbons (Fsp3) is 0.500. The van der Waals surface area contributed by atoms with Gasteiger partial charge in [0.2, 0.25) is 5.91 Å². The molecule has 0 aliphatic heterocycles. The van der Waals surface area contributed by atoms with Gasteiger partial charge in [-0.25, -0.2) is 4.98 Å². The number of aromatic nitrogens is 2. The van der Waals surface area contributed by atoms with Crippen LogP contribution in [0.25, 0.3) is 22.4 Å². The number of carbonyl (C=O) groups is 2. The second kappa shape index (κ2) is 10.9. The Hall–Kier alpha value is -3.15. The minimum absolute atomic E-state index is 0.00521. The summed E-state index contributed by atoms with van der Waals surface area (Å²) in [6.45, 7) is 4.47. The molecular formula is C30H38N4O2. The van der Waals surface area contributed by atoms with Crippen molar-refractivity contribution in [3.63, 3.8) is 0 Å². The Morgan fingerprint density at radius 3 is 2.47 bits per heavy atom. The fourth-order valence-electron chi connectivity index (χ4n) is 5.95. The Morgan fingerprint density at radius 1 is 0.972 bits per heavy atom. The molecule has 2 saturated carbocycles. The molecular weight excluding hydrogens is 448 g/mol. The molecule has 2 aliphatic rings. The van der Waals surface area contributed by atoms with E-state index in [4.69, 9.17) is 4.98 Å². The van der Waals surface area contributed by atoms with Gasteiger partial charge in [-0.15, -0.1) is 0 Å². The zero-order chi connectivity index (χ0) is 25.1. The summed E-state index contributed by atoms with van der Waals surface area (Å²) in [5, 5.41) is 6.33. The molecule has 2 unspecified atom stereocenters. The van der Waals surface area contributed by atoms with Crippen molar-refractivity contribution in [3.05, 3.63) is 48.0 Å². The normalized spacial score (nSPS) is 24.4. The van der Waals surface area contributed by atoms with Crippen LogP contribution in [0.2, 0.25) is 0 Å². The summed E-state index contributed by atoms with van der Waals surface area (Å²) in [6.07, 6.45) is 10.0. The van der Waals surface area contributed by atoms with Gasteiger partial charge in [-0.1, -0.05) is 45.2 Å². The molecule has 36 heavy (non-hydrogen) atoms. The van der Waals surface area contributed by atoms with Crippen molar-refractivity contribution in [2.75, 3.05) is 5.32 Å². The van der Waals surface area contributed by atoms with Crippen LogP contribution in [-0.2, 0) is 4.79 Å². The number of aromatic amines is 1. The molecule has 6 heteroatoms. The summed E-state index contributed by atoms with van der Waals surface area (Å²) < 4.78 is 0. The molecule has 3 aromatic rings. The maximum atomic E-state index is 13.0. The van der Waals surface area contributed by atoms with E-state index in [0.717, 1.165) is 72.6 Å². The van der Waals surface area contributed by atoms with E-state index in [2.05, 4.69) is 29.5 Å². The predicted molar refractivity (Wildman–Crippen MR) is 145 cm³/mol. The molecule has 0 radical (unpaired) electrons. The number of anilines is 1. The summed E-state index contributed by atoms with van der Waals surface area (Å²) in [5.74, 6) is 2.23. The van der Waals surface area contributed by atoms with Gasteiger partial charge in [0.1, 0.15) is 5.82 Å². The van der Waals surface area contributed by atoms with E-state index < -0.39 is 0 Å². The number of nitrogens with zero attached hydrogens (tertiary/aromatic N) is 1. The highest BCUT2D eigenvalue weighted by molar-refractivity contribution is 5.96. The zero-order valence-corrected chi connectivity index (χ0v) is 21.5. The third-order valence-electron chi connectivity index (χ3n) is 8.29. The van der Waals surface area contributed by atoms with Gasteiger partial charge >= 0.3 is 0 Å². The second-order valence-electron chi connectivity index (χ2n) is 10.9.